The molecule has 38 heavy (non-hydrogen) atoms. The molecular formula is C26H34N2O9S. The van der Waals surface area contributed by atoms with E-state index in [9.17, 15) is 23.1 Å². The van der Waals surface area contributed by atoms with E-state index in [2.05, 4.69) is 5.32 Å². The van der Waals surface area contributed by atoms with Gasteiger partial charge in [-0.15, -0.1) is 0 Å². The molecule has 1 fully saturated rings. The number of rotatable bonds is 14. The number of sulfone groups is 1. The molecule has 12 heteroatoms. The number of ketones is 2. The maximum atomic E-state index is 13.1. The second-order valence-corrected chi connectivity index (χ2v) is 11.0. The van der Waals surface area contributed by atoms with Gasteiger partial charge < -0.3 is 29.4 Å². The van der Waals surface area contributed by atoms with Crippen molar-refractivity contribution < 1.29 is 42.1 Å². The highest BCUT2D eigenvalue weighted by molar-refractivity contribution is 7.91. The largest absolute Gasteiger partial charge is 0.493 e. The zero-order valence-electron chi connectivity index (χ0n) is 21.9. The molecular weight excluding hydrogens is 516 g/mol. The molecule has 0 bridgehead atoms. The summed E-state index contributed by atoms with van der Waals surface area (Å²) in [6.07, 6.45) is -1.12. The van der Waals surface area contributed by atoms with Gasteiger partial charge in [0.2, 0.25) is 0 Å². The number of methoxy groups -OCH3 is 4. The number of hydrogen-bond donors (Lipinski definition) is 2. The third-order valence-corrected chi connectivity index (χ3v) is 8.08. The molecule has 2 atom stereocenters. The SMILES string of the molecule is COc1ccc(C(=O)CNCCN(CC(=O)c2ccc(OC)c(OC)c2)[C@H]2CS(=O)(=O)C[C@@H]2O)cc1OC. The highest BCUT2D eigenvalue weighted by atomic mass is 32.2. The van der Waals surface area contributed by atoms with Crippen molar-refractivity contribution in [3.8, 4) is 23.0 Å². The molecule has 1 aliphatic rings. The molecule has 0 unspecified atom stereocenters. The Bertz CT molecular complexity index is 1250. The number of nitrogens with zero attached hydrogens (tertiary/aromatic N) is 1. The summed E-state index contributed by atoms with van der Waals surface area (Å²) >= 11 is 0. The van der Waals surface area contributed by atoms with Crippen LogP contribution in [-0.2, 0) is 9.84 Å². The van der Waals surface area contributed by atoms with Crippen LogP contribution in [0.1, 0.15) is 20.7 Å². The Hall–Kier alpha value is -3.19. The first-order valence-electron chi connectivity index (χ1n) is 12.0. The molecule has 2 aromatic rings. The third-order valence-electron chi connectivity index (χ3n) is 6.38. The lowest BCUT2D eigenvalue weighted by atomic mass is 10.1. The van der Waals surface area contributed by atoms with Crippen LogP contribution in [0.25, 0.3) is 0 Å². The van der Waals surface area contributed by atoms with Crippen molar-refractivity contribution >= 4 is 21.4 Å². The molecule has 0 amide bonds. The molecule has 3 rings (SSSR count). The van der Waals surface area contributed by atoms with E-state index in [1.165, 1.54) is 28.4 Å². The molecule has 1 heterocycles. The van der Waals surface area contributed by atoms with Crippen molar-refractivity contribution in [2.24, 2.45) is 0 Å². The lowest BCUT2D eigenvalue weighted by Crippen LogP contribution is -2.48. The van der Waals surface area contributed by atoms with Crippen LogP contribution in [0.2, 0.25) is 0 Å². The van der Waals surface area contributed by atoms with Gasteiger partial charge in [0, 0.05) is 24.2 Å². The molecule has 0 radical (unpaired) electrons. The maximum absolute atomic E-state index is 13.1. The minimum atomic E-state index is -3.44. The van der Waals surface area contributed by atoms with E-state index in [1.807, 2.05) is 0 Å². The summed E-state index contributed by atoms with van der Waals surface area (Å²) in [4.78, 5) is 27.4. The van der Waals surface area contributed by atoms with Crippen LogP contribution in [0.4, 0.5) is 0 Å². The fourth-order valence-electron chi connectivity index (χ4n) is 4.34. The predicted octanol–water partition coefficient (Wildman–Crippen LogP) is 0.836. The van der Waals surface area contributed by atoms with Gasteiger partial charge in [-0.05, 0) is 36.4 Å². The van der Waals surface area contributed by atoms with E-state index in [0.29, 0.717) is 34.1 Å². The summed E-state index contributed by atoms with van der Waals surface area (Å²) in [6, 6.07) is 8.91. The molecule has 1 aliphatic heterocycles. The monoisotopic (exact) mass is 550 g/mol. The molecule has 208 valence electrons. The Morgan fingerprint density at radius 2 is 1.39 bits per heavy atom. The summed E-state index contributed by atoms with van der Waals surface area (Å²) in [5.41, 5.74) is 0.799. The number of carbonyl (C=O) groups is 2. The Balaban J connectivity index is 1.67. The zero-order chi connectivity index (χ0) is 27.9. The summed E-state index contributed by atoms with van der Waals surface area (Å²) in [7, 11) is 2.51. The van der Waals surface area contributed by atoms with E-state index in [0.717, 1.165) is 0 Å². The normalized spacial score (nSPS) is 18.3. The van der Waals surface area contributed by atoms with Crippen LogP contribution in [0.3, 0.4) is 0 Å². The van der Waals surface area contributed by atoms with Crippen LogP contribution in [0.15, 0.2) is 36.4 Å². The van der Waals surface area contributed by atoms with Gasteiger partial charge in [-0.3, -0.25) is 14.5 Å². The van der Waals surface area contributed by atoms with Gasteiger partial charge in [-0.25, -0.2) is 8.42 Å². The van der Waals surface area contributed by atoms with Crippen LogP contribution in [0, 0.1) is 0 Å². The summed E-state index contributed by atoms with van der Waals surface area (Å²) in [6.45, 7) is 0.396. The molecule has 0 aromatic heterocycles. The Kier molecular flexibility index (Phi) is 10.1. The summed E-state index contributed by atoms with van der Waals surface area (Å²) in [5, 5.41) is 13.5. The molecule has 0 spiro atoms. The van der Waals surface area contributed by atoms with Gasteiger partial charge in [-0.1, -0.05) is 0 Å². The van der Waals surface area contributed by atoms with Gasteiger partial charge in [-0.2, -0.15) is 0 Å². The Morgan fingerprint density at radius 1 is 0.868 bits per heavy atom. The topological polar surface area (TPSA) is 141 Å². The number of hydrogen-bond acceptors (Lipinski definition) is 11. The van der Waals surface area contributed by atoms with Crippen molar-refractivity contribution in [2.75, 3.05) is 66.1 Å². The van der Waals surface area contributed by atoms with E-state index < -0.39 is 22.0 Å². The number of benzene rings is 2. The minimum Gasteiger partial charge on any atom is -0.493 e. The Morgan fingerprint density at radius 3 is 1.87 bits per heavy atom. The first-order chi connectivity index (χ1) is 18.1. The molecule has 2 aromatic carbocycles. The number of Topliss-reactive ketones (excluding diaryl/α,β-unsaturated/α-hetero) is 2. The lowest BCUT2D eigenvalue weighted by Gasteiger charge is -2.29. The van der Waals surface area contributed by atoms with Crippen molar-refractivity contribution in [1.29, 1.82) is 0 Å². The van der Waals surface area contributed by atoms with E-state index in [-0.39, 0.29) is 49.3 Å². The molecule has 11 nitrogen and oxygen atoms in total. The van der Waals surface area contributed by atoms with Gasteiger partial charge in [0.15, 0.2) is 44.4 Å². The highest BCUT2D eigenvalue weighted by Crippen LogP contribution is 2.29. The number of aliphatic hydroxyl groups excluding tert-OH is 1. The average Bonchev–Trinajstić information content (AvgIpc) is 3.20. The Labute approximate surface area is 222 Å². The third kappa shape index (κ3) is 7.22. The lowest BCUT2D eigenvalue weighted by molar-refractivity contribution is 0.0696. The summed E-state index contributed by atoms with van der Waals surface area (Å²) in [5.74, 6) is 0.755. The number of aliphatic hydroxyl groups is 1. The molecule has 0 aliphatic carbocycles. The predicted molar refractivity (Wildman–Crippen MR) is 141 cm³/mol. The van der Waals surface area contributed by atoms with Gasteiger partial charge >= 0.3 is 0 Å². The first kappa shape index (κ1) is 29.4. The molecule has 2 N–H and O–H groups in total. The van der Waals surface area contributed by atoms with Crippen LogP contribution >= 0.6 is 0 Å². The zero-order valence-corrected chi connectivity index (χ0v) is 22.7. The second kappa shape index (κ2) is 13.1. The smallest absolute Gasteiger partial charge is 0.176 e. The second-order valence-electron chi connectivity index (χ2n) is 8.84. The first-order valence-corrected chi connectivity index (χ1v) is 13.8. The van der Waals surface area contributed by atoms with Crippen LogP contribution < -0.4 is 24.3 Å². The average molecular weight is 551 g/mol. The van der Waals surface area contributed by atoms with Crippen molar-refractivity contribution in [1.82, 2.24) is 10.2 Å². The summed E-state index contributed by atoms with van der Waals surface area (Å²) < 4.78 is 45.2. The quantitative estimate of drug-likeness (QED) is 0.255. The minimum absolute atomic E-state index is 0.0124. The standard InChI is InChI=1S/C26H34N2O9S/c1-34-23-7-5-17(11-25(23)36-3)20(29)13-27-9-10-28(19-15-38(32,33)16-22(19)31)14-21(30)18-6-8-24(35-2)26(12-18)37-4/h5-8,11-12,19,22,27,31H,9-10,13-16H2,1-4H3/t19-,22-/m0/s1. The van der Waals surface area contributed by atoms with E-state index >= 15 is 0 Å². The fourth-order valence-corrected chi connectivity index (χ4v) is 6.18. The van der Waals surface area contributed by atoms with Crippen LogP contribution in [0.5, 0.6) is 23.0 Å². The van der Waals surface area contributed by atoms with E-state index in [4.69, 9.17) is 18.9 Å². The number of ether oxygens (including phenoxy) is 4. The van der Waals surface area contributed by atoms with Crippen molar-refractivity contribution in [3.05, 3.63) is 47.5 Å². The highest BCUT2D eigenvalue weighted by Gasteiger charge is 2.40. The fraction of sp³-hybridized carbons (Fsp3) is 0.462. The number of nitrogens with one attached hydrogen (secondary N) is 1. The van der Waals surface area contributed by atoms with Crippen molar-refractivity contribution in [3.63, 3.8) is 0 Å². The van der Waals surface area contributed by atoms with Gasteiger partial charge in [0.25, 0.3) is 0 Å². The molecule has 1 saturated heterocycles. The van der Waals surface area contributed by atoms with E-state index in [1.54, 1.807) is 41.3 Å². The molecule has 0 saturated carbocycles. The number of carbonyl (C=O) groups excluding carboxylic acids is 2. The van der Waals surface area contributed by atoms with Crippen LogP contribution in [-0.4, -0.2) is 108 Å². The van der Waals surface area contributed by atoms with Gasteiger partial charge in [0.05, 0.1) is 65.2 Å². The van der Waals surface area contributed by atoms with Crippen molar-refractivity contribution in [2.45, 2.75) is 12.1 Å². The maximum Gasteiger partial charge on any atom is 0.176 e. The van der Waals surface area contributed by atoms with Gasteiger partial charge in [0.1, 0.15) is 0 Å².